The number of fused-ring (bicyclic) bond motifs is 4. The van der Waals surface area contributed by atoms with E-state index in [0.717, 1.165) is 52.0 Å². The Balaban J connectivity index is 0.00000133. The largest absolute Gasteiger partial charge is 0.412 e. The third kappa shape index (κ3) is 5.28. The normalized spacial score (nSPS) is 18.6. The van der Waals surface area contributed by atoms with E-state index in [0.29, 0.717) is 37.3 Å². The van der Waals surface area contributed by atoms with Gasteiger partial charge in [-0.05, 0) is 49.3 Å². The number of aliphatic hydroxyl groups is 1. The molecule has 0 saturated heterocycles. The van der Waals surface area contributed by atoms with Crippen LogP contribution < -0.4 is 5.32 Å². The van der Waals surface area contributed by atoms with Gasteiger partial charge in [-0.3, -0.25) is 9.78 Å². The molecular weight excluding hydrogens is 510 g/mol. The van der Waals surface area contributed by atoms with E-state index in [-0.39, 0.29) is 29.3 Å². The maximum atomic E-state index is 11.8. The third-order valence-corrected chi connectivity index (χ3v) is 7.47. The molecule has 1 aliphatic heterocycles. The van der Waals surface area contributed by atoms with Crippen molar-refractivity contribution in [2.45, 2.75) is 51.6 Å². The van der Waals surface area contributed by atoms with Crippen molar-refractivity contribution in [2.75, 3.05) is 18.5 Å². The SMILES string of the molecule is C[C@H]1CC[C@H](n2c3cnccc3c3cnc(Nc4ccc5c(n4)CCN(C(=O)CO)C5)nc32)CC1.Cl.O.O. The van der Waals surface area contributed by atoms with Crippen LogP contribution in [0.2, 0.25) is 0 Å². The summed E-state index contributed by atoms with van der Waals surface area (Å²) in [5.41, 5.74) is 4.00. The number of pyridine rings is 2. The summed E-state index contributed by atoms with van der Waals surface area (Å²) in [5.74, 6) is 1.71. The first-order valence-electron chi connectivity index (χ1n) is 12.4. The number of aromatic nitrogens is 5. The molecule has 38 heavy (non-hydrogen) atoms. The second-order valence-electron chi connectivity index (χ2n) is 9.76. The fourth-order valence-corrected chi connectivity index (χ4v) is 5.51. The van der Waals surface area contributed by atoms with Gasteiger partial charge >= 0.3 is 0 Å². The summed E-state index contributed by atoms with van der Waals surface area (Å²) >= 11 is 0. The van der Waals surface area contributed by atoms with Gasteiger partial charge < -0.3 is 30.8 Å². The molecule has 2 aliphatic rings. The summed E-state index contributed by atoms with van der Waals surface area (Å²) in [6, 6.07) is 6.32. The highest BCUT2D eigenvalue weighted by molar-refractivity contribution is 6.06. The fraction of sp³-hybridized carbons (Fsp3) is 0.423. The van der Waals surface area contributed by atoms with E-state index in [1.165, 1.54) is 12.8 Å². The number of carbonyl (C=O) groups excluding carboxylic acids is 1. The van der Waals surface area contributed by atoms with Crippen LogP contribution >= 0.6 is 12.4 Å². The van der Waals surface area contributed by atoms with E-state index in [4.69, 9.17) is 15.1 Å². The van der Waals surface area contributed by atoms with Crippen molar-refractivity contribution in [1.82, 2.24) is 29.4 Å². The van der Waals surface area contributed by atoms with Gasteiger partial charge in [0.25, 0.3) is 0 Å². The molecule has 5 heterocycles. The van der Waals surface area contributed by atoms with Crippen LogP contribution in [0.5, 0.6) is 0 Å². The number of amides is 1. The first-order valence-corrected chi connectivity index (χ1v) is 12.4. The molecular formula is C26H34ClN7O4. The van der Waals surface area contributed by atoms with Crippen LogP contribution in [0.25, 0.3) is 21.9 Å². The minimum atomic E-state index is -0.463. The monoisotopic (exact) mass is 543 g/mol. The standard InChI is InChI=1S/C26H29N7O2.ClH.2H2O/c1-16-2-5-18(6-3-16)33-22-13-27-10-8-19(22)20-12-28-26(31-25(20)33)30-23-7-4-17-14-32(24(35)15-34)11-9-21(17)29-23;;;/h4,7-8,10,12-13,16,18,34H,2-3,5-6,9,11,14-15H2,1H3,(H,28,29,30,31);1H;2*1H2/t16-,18-;;;. The molecule has 1 amide bonds. The predicted molar refractivity (Wildman–Crippen MR) is 148 cm³/mol. The lowest BCUT2D eigenvalue weighted by atomic mass is 9.87. The molecule has 6 rings (SSSR count). The van der Waals surface area contributed by atoms with Crippen LogP contribution in [0, 0.1) is 5.92 Å². The number of nitrogens with zero attached hydrogens (tertiary/aromatic N) is 6. The topological polar surface area (TPSA) is 172 Å². The summed E-state index contributed by atoms with van der Waals surface area (Å²) in [5, 5.41) is 14.6. The molecule has 4 aromatic heterocycles. The fourth-order valence-electron chi connectivity index (χ4n) is 5.51. The van der Waals surface area contributed by atoms with E-state index in [2.05, 4.69) is 26.8 Å². The zero-order valence-electron chi connectivity index (χ0n) is 21.2. The van der Waals surface area contributed by atoms with Gasteiger partial charge in [-0.2, -0.15) is 4.98 Å². The molecule has 12 heteroatoms. The molecule has 1 fully saturated rings. The van der Waals surface area contributed by atoms with E-state index in [1.54, 1.807) is 4.90 Å². The highest BCUT2D eigenvalue weighted by Gasteiger charge is 2.25. The van der Waals surface area contributed by atoms with Crippen LogP contribution in [0.1, 0.15) is 49.9 Å². The van der Waals surface area contributed by atoms with Gasteiger partial charge in [-0.25, -0.2) is 9.97 Å². The van der Waals surface area contributed by atoms with Crippen molar-refractivity contribution in [3.05, 3.63) is 48.0 Å². The maximum Gasteiger partial charge on any atom is 0.248 e. The minimum absolute atomic E-state index is 0. The third-order valence-electron chi connectivity index (χ3n) is 7.47. The molecule has 0 aromatic carbocycles. The zero-order valence-corrected chi connectivity index (χ0v) is 22.0. The van der Waals surface area contributed by atoms with E-state index in [1.807, 2.05) is 36.8 Å². The van der Waals surface area contributed by atoms with Crippen molar-refractivity contribution in [3.8, 4) is 0 Å². The number of anilines is 2. The Morgan fingerprint density at radius 3 is 2.63 bits per heavy atom. The van der Waals surface area contributed by atoms with Crippen molar-refractivity contribution in [2.24, 2.45) is 5.92 Å². The molecule has 0 bridgehead atoms. The summed E-state index contributed by atoms with van der Waals surface area (Å²) < 4.78 is 2.36. The van der Waals surface area contributed by atoms with Gasteiger partial charge in [0.2, 0.25) is 11.9 Å². The van der Waals surface area contributed by atoms with Gasteiger partial charge in [0.15, 0.2) is 0 Å². The highest BCUT2D eigenvalue weighted by Crippen LogP contribution is 2.38. The molecule has 1 saturated carbocycles. The average Bonchev–Trinajstić information content (AvgIpc) is 3.22. The Morgan fingerprint density at radius 1 is 1.08 bits per heavy atom. The number of aliphatic hydroxyl groups excluding tert-OH is 1. The lowest BCUT2D eigenvalue weighted by molar-refractivity contribution is -0.135. The molecule has 0 spiro atoms. The van der Waals surface area contributed by atoms with Gasteiger partial charge in [-0.1, -0.05) is 13.0 Å². The molecule has 204 valence electrons. The van der Waals surface area contributed by atoms with E-state index < -0.39 is 6.61 Å². The van der Waals surface area contributed by atoms with Crippen LogP contribution in [-0.4, -0.2) is 64.5 Å². The lowest BCUT2D eigenvalue weighted by Gasteiger charge is -2.28. The smallest absolute Gasteiger partial charge is 0.248 e. The molecule has 0 unspecified atom stereocenters. The van der Waals surface area contributed by atoms with Crippen molar-refractivity contribution < 1.29 is 20.9 Å². The quantitative estimate of drug-likeness (QED) is 0.397. The van der Waals surface area contributed by atoms with Gasteiger partial charge in [0.1, 0.15) is 18.1 Å². The van der Waals surface area contributed by atoms with E-state index >= 15 is 0 Å². The Labute approximate surface area is 226 Å². The predicted octanol–water partition coefficient (Wildman–Crippen LogP) is 2.52. The number of carbonyl (C=O) groups is 1. The van der Waals surface area contributed by atoms with E-state index in [9.17, 15) is 4.79 Å². The molecule has 4 aromatic rings. The van der Waals surface area contributed by atoms with Gasteiger partial charge in [0.05, 0.1) is 11.7 Å². The maximum absolute atomic E-state index is 11.8. The number of halogens is 1. The first-order chi connectivity index (χ1) is 17.1. The van der Waals surface area contributed by atoms with Crippen molar-refractivity contribution in [3.63, 3.8) is 0 Å². The average molecular weight is 544 g/mol. The number of nitrogens with one attached hydrogen (secondary N) is 1. The van der Waals surface area contributed by atoms with Crippen LogP contribution in [0.4, 0.5) is 11.8 Å². The number of rotatable bonds is 4. The Hall–Kier alpha value is -3.38. The summed E-state index contributed by atoms with van der Waals surface area (Å²) in [7, 11) is 0. The van der Waals surface area contributed by atoms with Gasteiger partial charge in [0, 0.05) is 54.4 Å². The first kappa shape index (κ1) is 29.2. The Morgan fingerprint density at radius 2 is 1.87 bits per heavy atom. The van der Waals surface area contributed by atoms with Crippen LogP contribution in [0.15, 0.2) is 36.8 Å². The zero-order chi connectivity index (χ0) is 23.9. The van der Waals surface area contributed by atoms with Gasteiger partial charge in [-0.15, -0.1) is 12.4 Å². The van der Waals surface area contributed by atoms with Crippen molar-refractivity contribution >= 4 is 52.0 Å². The van der Waals surface area contributed by atoms with Crippen LogP contribution in [0.3, 0.4) is 0 Å². The minimum Gasteiger partial charge on any atom is -0.412 e. The summed E-state index contributed by atoms with van der Waals surface area (Å²) in [6.07, 6.45) is 11.0. The summed E-state index contributed by atoms with van der Waals surface area (Å²) in [4.78, 5) is 32.2. The second-order valence-corrected chi connectivity index (χ2v) is 9.76. The molecule has 6 N–H and O–H groups in total. The number of hydrogen-bond donors (Lipinski definition) is 2. The van der Waals surface area contributed by atoms with Crippen LogP contribution in [-0.2, 0) is 17.8 Å². The number of hydrogen-bond acceptors (Lipinski definition) is 7. The lowest BCUT2D eigenvalue weighted by Crippen LogP contribution is -2.37. The molecule has 1 aliphatic carbocycles. The molecule has 0 atom stereocenters. The highest BCUT2D eigenvalue weighted by atomic mass is 35.5. The summed E-state index contributed by atoms with van der Waals surface area (Å²) in [6.45, 7) is 2.90. The molecule has 11 nitrogen and oxygen atoms in total. The Bertz CT molecular complexity index is 1420. The Kier molecular flexibility index (Phi) is 9.21. The molecule has 0 radical (unpaired) electrons. The second kappa shape index (κ2) is 12.0. The van der Waals surface area contributed by atoms with Crippen molar-refractivity contribution in [1.29, 1.82) is 0 Å².